The lowest BCUT2D eigenvalue weighted by molar-refractivity contribution is -0.274. The minimum Gasteiger partial charge on any atom is -0.406 e. The summed E-state index contributed by atoms with van der Waals surface area (Å²) in [5.41, 5.74) is 4.04. The third kappa shape index (κ3) is 14.7. The first-order valence-corrected chi connectivity index (χ1v) is 12.1. The Kier molecular flexibility index (Phi) is 17.0. The fraction of sp³-hybridized carbons (Fsp3) is 0.542. The van der Waals surface area contributed by atoms with E-state index >= 15 is 0 Å². The Labute approximate surface area is 209 Å². The van der Waals surface area contributed by atoms with E-state index in [9.17, 15) is 18.0 Å². The van der Waals surface area contributed by atoms with Crippen LogP contribution in [0.4, 0.5) is 18.2 Å². The summed E-state index contributed by atoms with van der Waals surface area (Å²) in [6.07, 6.45) is -1.55. The molecule has 1 aromatic heterocycles. The Bertz CT molecular complexity index is 828. The fourth-order valence-electron chi connectivity index (χ4n) is 2.65. The van der Waals surface area contributed by atoms with E-state index < -0.39 is 13.2 Å². The van der Waals surface area contributed by atoms with Crippen LogP contribution in [0.5, 0.6) is 5.75 Å². The second-order valence-electron chi connectivity index (χ2n) is 7.40. The predicted molar refractivity (Wildman–Crippen MR) is 133 cm³/mol. The summed E-state index contributed by atoms with van der Waals surface area (Å²) < 4.78 is 40.6. The van der Waals surface area contributed by atoms with Gasteiger partial charge in [-0.1, -0.05) is 34.1 Å². The summed E-state index contributed by atoms with van der Waals surface area (Å²) in [6.45, 7) is 8.92. The van der Waals surface area contributed by atoms with Crippen LogP contribution in [0.2, 0.25) is 0 Å². The number of anilines is 1. The number of Topliss-reactive ketones (excluding diaryl/α,β-unsaturated/α-hetero) is 1. The smallest absolute Gasteiger partial charge is 0.406 e. The molecule has 35 heavy (non-hydrogen) atoms. The van der Waals surface area contributed by atoms with Gasteiger partial charge in [0.1, 0.15) is 24.3 Å². The first-order valence-electron chi connectivity index (χ1n) is 11.3. The lowest BCUT2D eigenvalue weighted by atomic mass is 10.0. The molecule has 0 amide bonds. The number of rotatable bonds is 11. The Balaban J connectivity index is 0.00000174. The van der Waals surface area contributed by atoms with Crippen molar-refractivity contribution in [2.45, 2.75) is 59.7 Å². The molecule has 0 aliphatic carbocycles. The van der Waals surface area contributed by atoms with Crippen LogP contribution in [-0.4, -0.2) is 54.4 Å². The molecule has 0 saturated carbocycles. The molecule has 0 spiro atoms. The number of alkyl halides is 3. The highest BCUT2D eigenvalue weighted by atomic mass is 32.1. The molecule has 0 unspecified atom stereocenters. The molecule has 200 valence electrons. The third-order valence-electron chi connectivity index (χ3n) is 4.02. The highest BCUT2D eigenvalue weighted by Gasteiger charge is 2.31. The lowest BCUT2D eigenvalue weighted by Crippen LogP contribution is -2.24. The van der Waals surface area contributed by atoms with Crippen LogP contribution in [0.3, 0.4) is 0 Å². The first kappa shape index (κ1) is 32.8. The minimum atomic E-state index is -4.76. The molecule has 3 N–H and O–H groups in total. The molecule has 0 fully saturated rings. The van der Waals surface area contributed by atoms with Gasteiger partial charge in [-0.3, -0.25) is 20.0 Å². The van der Waals surface area contributed by atoms with Crippen molar-refractivity contribution in [2.24, 2.45) is 0 Å². The van der Waals surface area contributed by atoms with Crippen LogP contribution in [0.1, 0.15) is 61.3 Å². The predicted octanol–water partition coefficient (Wildman–Crippen LogP) is 5.62. The lowest BCUT2D eigenvalue weighted by Gasteiger charge is -2.16. The number of ether oxygens (including phenoxy) is 1. The van der Waals surface area contributed by atoms with Crippen LogP contribution in [0, 0.1) is 0 Å². The molecular formula is C24H37F3N2O5S. The maximum atomic E-state index is 12.6. The largest absolute Gasteiger partial charge is 0.573 e. The maximum Gasteiger partial charge on any atom is 0.573 e. The molecule has 11 heteroatoms. The van der Waals surface area contributed by atoms with Gasteiger partial charge in [-0.15, -0.1) is 24.5 Å². The Morgan fingerprint density at radius 2 is 1.69 bits per heavy atom. The van der Waals surface area contributed by atoms with E-state index in [0.717, 1.165) is 47.0 Å². The Morgan fingerprint density at radius 3 is 2.17 bits per heavy atom. The van der Waals surface area contributed by atoms with Crippen molar-refractivity contribution in [3.8, 4) is 5.75 Å². The molecule has 0 atom stereocenters. The van der Waals surface area contributed by atoms with Gasteiger partial charge in [0.2, 0.25) is 0 Å². The van der Waals surface area contributed by atoms with E-state index in [1.54, 1.807) is 0 Å². The van der Waals surface area contributed by atoms with E-state index in [-0.39, 0.29) is 18.0 Å². The van der Waals surface area contributed by atoms with Gasteiger partial charge in [-0.2, -0.15) is 0 Å². The van der Waals surface area contributed by atoms with E-state index in [1.807, 2.05) is 24.9 Å². The summed E-state index contributed by atoms with van der Waals surface area (Å²) in [5.74, 6) is -0.556. The topological polar surface area (TPSA) is 91.3 Å². The quantitative estimate of drug-likeness (QED) is 0.200. The summed E-state index contributed by atoms with van der Waals surface area (Å²) in [6, 6.07) is 6.89. The Morgan fingerprint density at radius 1 is 1.11 bits per heavy atom. The van der Waals surface area contributed by atoms with Gasteiger partial charge in [0.05, 0.1) is 0 Å². The number of aryl methyl sites for hydroxylation is 1. The van der Waals surface area contributed by atoms with Gasteiger partial charge in [0.25, 0.3) is 0 Å². The zero-order valence-corrected chi connectivity index (χ0v) is 21.8. The number of ketones is 1. The third-order valence-corrected chi connectivity index (χ3v) is 5.24. The monoisotopic (exact) mass is 522 g/mol. The van der Waals surface area contributed by atoms with Gasteiger partial charge >= 0.3 is 6.36 Å². The zero-order valence-electron chi connectivity index (χ0n) is 20.9. The molecule has 2 aromatic rings. The van der Waals surface area contributed by atoms with Gasteiger partial charge in [-0.05, 0) is 62.3 Å². The number of halogens is 3. The molecule has 0 aliphatic heterocycles. The highest BCUT2D eigenvalue weighted by Crippen LogP contribution is 2.30. The van der Waals surface area contributed by atoms with Gasteiger partial charge in [-0.25, -0.2) is 0 Å². The summed E-state index contributed by atoms with van der Waals surface area (Å²) in [7, 11) is 1.95. The number of aliphatic hydroxyl groups is 2. The fourth-order valence-corrected chi connectivity index (χ4v) is 3.62. The zero-order chi connectivity index (χ0) is 26.9. The van der Waals surface area contributed by atoms with E-state index in [2.05, 4.69) is 31.0 Å². The van der Waals surface area contributed by atoms with Crippen molar-refractivity contribution >= 4 is 22.1 Å². The number of hydrogen-bond acceptors (Lipinski definition) is 8. The van der Waals surface area contributed by atoms with Gasteiger partial charge in [0.15, 0.2) is 5.78 Å². The van der Waals surface area contributed by atoms with Crippen molar-refractivity contribution in [3.63, 3.8) is 0 Å². The summed E-state index contributed by atoms with van der Waals surface area (Å²) in [4.78, 5) is 21.3. The number of carbonyl (C=O) groups is 1. The van der Waals surface area contributed by atoms with Crippen molar-refractivity contribution in [3.05, 3.63) is 46.3 Å². The summed E-state index contributed by atoms with van der Waals surface area (Å²) in [5, 5.41) is 15.0. The van der Waals surface area contributed by atoms with Crippen molar-refractivity contribution < 1.29 is 37.8 Å². The second-order valence-corrected chi connectivity index (χ2v) is 8.53. The standard InChI is InChI=1S/C20H25F3N2O3S.C3H8.CH4O2/c1-4-10-25(3)13-27-24-19-15(11-17(5-2)29-19)12-18(26)14-6-8-16(9-7-14)28-20(21,22)23;1-3-2;2-1-3/h6-9,11,24H,4-5,10,12-13H2,1-3H3;3H2,1-2H3;2-3H,1H2. The van der Waals surface area contributed by atoms with Gasteiger partial charge < -0.3 is 14.9 Å². The number of carbonyl (C=O) groups excluding carboxylic acids is 1. The number of aliphatic hydroxyl groups excluding tert-OH is 1. The maximum absolute atomic E-state index is 12.6. The van der Waals surface area contributed by atoms with Crippen molar-refractivity contribution in [1.82, 2.24) is 4.90 Å². The number of hydrogen-bond donors (Lipinski definition) is 3. The highest BCUT2D eigenvalue weighted by molar-refractivity contribution is 7.16. The first-order chi connectivity index (χ1) is 16.5. The number of thiophene rings is 1. The normalized spacial score (nSPS) is 10.7. The van der Waals surface area contributed by atoms with Crippen LogP contribution < -0.4 is 10.2 Å². The summed E-state index contributed by atoms with van der Waals surface area (Å²) >= 11 is 1.52. The molecule has 7 nitrogen and oxygen atoms in total. The van der Waals surface area contributed by atoms with Crippen LogP contribution >= 0.6 is 11.3 Å². The van der Waals surface area contributed by atoms with Crippen molar-refractivity contribution in [2.75, 3.05) is 32.6 Å². The van der Waals surface area contributed by atoms with Crippen molar-refractivity contribution in [1.29, 1.82) is 0 Å². The van der Waals surface area contributed by atoms with E-state index in [1.165, 1.54) is 29.9 Å². The molecule has 2 rings (SSSR count). The van der Waals surface area contributed by atoms with E-state index in [4.69, 9.17) is 15.1 Å². The van der Waals surface area contributed by atoms with Crippen LogP contribution in [-0.2, 0) is 17.7 Å². The number of nitrogens with one attached hydrogen (secondary N) is 1. The SMILES string of the molecule is CCC.CCCN(C)CONc1sc(CC)cc1CC(=O)c1ccc(OC(F)(F)F)cc1.OCO. The Hall–Kier alpha value is -2.18. The number of benzene rings is 1. The molecule has 0 radical (unpaired) electrons. The molecule has 0 saturated heterocycles. The molecule has 1 heterocycles. The molecular weight excluding hydrogens is 485 g/mol. The second kappa shape index (κ2) is 18.1. The molecule has 1 aromatic carbocycles. The average Bonchev–Trinajstić information content (AvgIpc) is 3.16. The van der Waals surface area contributed by atoms with E-state index in [0.29, 0.717) is 12.3 Å². The average molecular weight is 523 g/mol. The van der Waals surface area contributed by atoms with Crippen LogP contribution in [0.15, 0.2) is 30.3 Å². The number of nitrogens with zero attached hydrogens (tertiary/aromatic N) is 1. The minimum absolute atomic E-state index is 0.118. The van der Waals surface area contributed by atoms with Gasteiger partial charge in [0, 0.05) is 16.9 Å². The van der Waals surface area contributed by atoms with Crippen LogP contribution in [0.25, 0.3) is 0 Å². The molecule has 0 bridgehead atoms. The molecule has 0 aliphatic rings.